The number of anilines is 1. The van der Waals surface area contributed by atoms with Crippen molar-refractivity contribution in [1.82, 2.24) is 10.2 Å². The molecule has 11 heteroatoms. The normalized spacial score (nSPS) is 12.8. The second-order valence-corrected chi connectivity index (χ2v) is 13.2. The Morgan fingerprint density at radius 1 is 1.00 bits per heavy atom. The van der Waals surface area contributed by atoms with Gasteiger partial charge in [0.1, 0.15) is 12.6 Å². The molecular formula is C29H32BrCl2N3O4S. The molecule has 0 saturated carbocycles. The van der Waals surface area contributed by atoms with Gasteiger partial charge in [0.2, 0.25) is 21.8 Å². The minimum absolute atomic E-state index is 0.0296. The van der Waals surface area contributed by atoms with Crippen LogP contribution in [-0.2, 0) is 32.6 Å². The summed E-state index contributed by atoms with van der Waals surface area (Å²) in [5.74, 6) is -0.897. The summed E-state index contributed by atoms with van der Waals surface area (Å²) in [5, 5.41) is 3.76. The first kappa shape index (κ1) is 31.9. The predicted octanol–water partition coefficient (Wildman–Crippen LogP) is 6.08. The van der Waals surface area contributed by atoms with Crippen LogP contribution in [-0.4, -0.2) is 50.0 Å². The van der Waals surface area contributed by atoms with E-state index in [1.807, 2.05) is 44.2 Å². The van der Waals surface area contributed by atoms with E-state index in [2.05, 4.69) is 21.2 Å². The molecule has 0 aliphatic carbocycles. The Kier molecular flexibility index (Phi) is 11.5. The van der Waals surface area contributed by atoms with E-state index in [-0.39, 0.29) is 24.9 Å². The molecule has 7 nitrogen and oxygen atoms in total. The number of benzene rings is 3. The van der Waals surface area contributed by atoms with Crippen molar-refractivity contribution in [3.05, 3.63) is 98.4 Å². The van der Waals surface area contributed by atoms with Crippen LogP contribution in [0.3, 0.4) is 0 Å². The zero-order valence-electron chi connectivity index (χ0n) is 22.5. The van der Waals surface area contributed by atoms with Crippen LogP contribution in [0, 0.1) is 0 Å². The van der Waals surface area contributed by atoms with Crippen LogP contribution >= 0.6 is 39.1 Å². The van der Waals surface area contributed by atoms with Gasteiger partial charge >= 0.3 is 0 Å². The van der Waals surface area contributed by atoms with Gasteiger partial charge in [-0.2, -0.15) is 0 Å². The zero-order valence-corrected chi connectivity index (χ0v) is 26.4. The number of sulfonamides is 1. The Hall–Kier alpha value is -2.59. The van der Waals surface area contributed by atoms with Crippen LogP contribution in [0.2, 0.25) is 10.0 Å². The summed E-state index contributed by atoms with van der Waals surface area (Å²) in [7, 11) is -3.85. The number of nitrogens with one attached hydrogen (secondary N) is 1. The molecule has 214 valence electrons. The van der Waals surface area contributed by atoms with Crippen molar-refractivity contribution in [2.45, 2.75) is 45.3 Å². The number of nitrogens with zero attached hydrogens (tertiary/aromatic N) is 2. The van der Waals surface area contributed by atoms with Gasteiger partial charge in [-0.25, -0.2) is 8.42 Å². The van der Waals surface area contributed by atoms with Gasteiger partial charge in [-0.05, 0) is 60.9 Å². The molecule has 0 aliphatic heterocycles. The Balaban J connectivity index is 2.08. The van der Waals surface area contributed by atoms with Crippen molar-refractivity contribution >= 4 is 66.7 Å². The van der Waals surface area contributed by atoms with E-state index in [1.165, 1.54) is 4.90 Å². The SMILES string of the molecule is CCC(C)NC(=O)C(Cc1ccccc1)N(Cc1ccc(Cl)cc1Cl)C(=O)CN(c1ccc(Br)cc1)S(C)(=O)=O. The Morgan fingerprint density at radius 3 is 2.23 bits per heavy atom. The third-order valence-electron chi connectivity index (χ3n) is 6.42. The lowest BCUT2D eigenvalue weighted by molar-refractivity contribution is -0.140. The van der Waals surface area contributed by atoms with Gasteiger partial charge in [-0.1, -0.05) is 82.5 Å². The molecule has 3 rings (SSSR count). The quantitative estimate of drug-likeness (QED) is 0.254. The number of halogens is 3. The number of rotatable bonds is 12. The predicted molar refractivity (Wildman–Crippen MR) is 165 cm³/mol. The maximum Gasteiger partial charge on any atom is 0.244 e. The Labute approximate surface area is 254 Å². The molecule has 0 spiro atoms. The Morgan fingerprint density at radius 2 is 1.65 bits per heavy atom. The van der Waals surface area contributed by atoms with Gasteiger partial charge < -0.3 is 10.2 Å². The molecule has 3 aromatic carbocycles. The largest absolute Gasteiger partial charge is 0.352 e. The van der Waals surface area contributed by atoms with Gasteiger partial charge in [0.05, 0.1) is 11.9 Å². The molecule has 0 bridgehead atoms. The van der Waals surface area contributed by atoms with E-state index in [9.17, 15) is 18.0 Å². The maximum absolute atomic E-state index is 14.1. The van der Waals surface area contributed by atoms with Crippen molar-refractivity contribution in [3.8, 4) is 0 Å². The molecule has 0 heterocycles. The fourth-order valence-corrected chi connectivity index (χ4v) is 5.63. The molecule has 3 aromatic rings. The lowest BCUT2D eigenvalue weighted by atomic mass is 10.0. The second-order valence-electron chi connectivity index (χ2n) is 9.53. The third-order valence-corrected chi connectivity index (χ3v) is 8.68. The van der Waals surface area contributed by atoms with Crippen LogP contribution in [0.15, 0.2) is 77.3 Å². The molecule has 0 aliphatic rings. The van der Waals surface area contributed by atoms with Crippen LogP contribution in [0.4, 0.5) is 5.69 Å². The second kappa shape index (κ2) is 14.3. The van der Waals surface area contributed by atoms with Crippen molar-refractivity contribution in [1.29, 1.82) is 0 Å². The number of carbonyl (C=O) groups is 2. The number of hydrogen-bond donors (Lipinski definition) is 1. The molecule has 0 aromatic heterocycles. The molecule has 2 unspecified atom stereocenters. The van der Waals surface area contributed by atoms with E-state index in [4.69, 9.17) is 23.2 Å². The zero-order chi connectivity index (χ0) is 29.4. The minimum Gasteiger partial charge on any atom is -0.352 e. The first-order chi connectivity index (χ1) is 18.9. The van der Waals surface area contributed by atoms with E-state index in [1.54, 1.807) is 42.5 Å². The van der Waals surface area contributed by atoms with Gasteiger partial charge in [0, 0.05) is 33.5 Å². The van der Waals surface area contributed by atoms with E-state index >= 15 is 0 Å². The van der Waals surface area contributed by atoms with Crippen LogP contribution in [0.5, 0.6) is 0 Å². The van der Waals surface area contributed by atoms with Crippen molar-refractivity contribution in [2.75, 3.05) is 17.1 Å². The summed E-state index contributed by atoms with van der Waals surface area (Å²) in [6.45, 7) is 3.31. The summed E-state index contributed by atoms with van der Waals surface area (Å²) >= 11 is 15.9. The van der Waals surface area contributed by atoms with Gasteiger partial charge in [-0.3, -0.25) is 13.9 Å². The first-order valence-electron chi connectivity index (χ1n) is 12.7. The summed E-state index contributed by atoms with van der Waals surface area (Å²) in [6, 6.07) is 19.8. The van der Waals surface area contributed by atoms with Crippen LogP contribution in [0.1, 0.15) is 31.4 Å². The summed E-state index contributed by atoms with van der Waals surface area (Å²) in [6.07, 6.45) is 1.96. The number of amides is 2. The average Bonchev–Trinajstić information content (AvgIpc) is 2.90. The third kappa shape index (κ3) is 8.96. The van der Waals surface area contributed by atoms with E-state index < -0.39 is 28.5 Å². The number of carbonyl (C=O) groups excluding carboxylic acids is 2. The summed E-state index contributed by atoms with van der Waals surface area (Å²) in [4.78, 5) is 29.2. The van der Waals surface area contributed by atoms with Crippen LogP contribution < -0.4 is 9.62 Å². The molecule has 0 radical (unpaired) electrons. The molecule has 0 fully saturated rings. The van der Waals surface area contributed by atoms with E-state index in [0.717, 1.165) is 20.6 Å². The fourth-order valence-electron chi connectivity index (χ4n) is 4.05. The maximum atomic E-state index is 14.1. The topological polar surface area (TPSA) is 86.8 Å². The lowest BCUT2D eigenvalue weighted by Gasteiger charge is -2.34. The van der Waals surface area contributed by atoms with E-state index in [0.29, 0.717) is 27.7 Å². The van der Waals surface area contributed by atoms with Gasteiger partial charge in [0.25, 0.3) is 0 Å². The highest BCUT2D eigenvalue weighted by Crippen LogP contribution is 2.26. The van der Waals surface area contributed by atoms with Gasteiger partial charge in [0.15, 0.2) is 0 Å². The monoisotopic (exact) mass is 667 g/mol. The molecule has 2 atom stereocenters. The van der Waals surface area contributed by atoms with Crippen molar-refractivity contribution in [2.24, 2.45) is 0 Å². The van der Waals surface area contributed by atoms with Crippen molar-refractivity contribution < 1.29 is 18.0 Å². The lowest BCUT2D eigenvalue weighted by Crippen LogP contribution is -2.54. The fraction of sp³-hybridized carbons (Fsp3) is 0.310. The highest BCUT2D eigenvalue weighted by atomic mass is 79.9. The Bertz CT molecular complexity index is 1420. The first-order valence-corrected chi connectivity index (χ1v) is 16.1. The standard InChI is InChI=1S/C29H32BrCl2N3O4S/c1-4-20(2)33-29(37)27(16-21-8-6-5-7-9-21)34(18-22-10-13-24(31)17-26(22)32)28(36)19-35(40(3,38)39)25-14-11-23(30)12-15-25/h5-15,17,20,27H,4,16,18-19H2,1-3H3,(H,33,37). The highest BCUT2D eigenvalue weighted by Gasteiger charge is 2.33. The van der Waals surface area contributed by atoms with Gasteiger partial charge in [-0.15, -0.1) is 0 Å². The molecular weight excluding hydrogens is 637 g/mol. The van der Waals surface area contributed by atoms with Crippen LogP contribution in [0.25, 0.3) is 0 Å². The average molecular weight is 669 g/mol. The molecule has 1 N–H and O–H groups in total. The summed E-state index contributed by atoms with van der Waals surface area (Å²) in [5.41, 5.74) is 1.75. The highest BCUT2D eigenvalue weighted by molar-refractivity contribution is 9.10. The minimum atomic E-state index is -3.85. The molecule has 40 heavy (non-hydrogen) atoms. The molecule has 0 saturated heterocycles. The molecule has 2 amide bonds. The smallest absolute Gasteiger partial charge is 0.244 e. The summed E-state index contributed by atoms with van der Waals surface area (Å²) < 4.78 is 27.5. The number of hydrogen-bond acceptors (Lipinski definition) is 4. The van der Waals surface area contributed by atoms with Crippen molar-refractivity contribution in [3.63, 3.8) is 0 Å².